The average Bonchev–Trinajstić information content (AvgIpc) is 3.03. The number of ether oxygens (including phenoxy) is 7. The molecule has 4 fully saturated rings. The molecule has 0 aromatic heterocycles. The molecule has 21 heteroatoms. The fraction of sp³-hybridized carbons (Fsp3) is 1.00. The van der Waals surface area contributed by atoms with E-state index in [-0.39, 0.29) is 0 Å². The maximum absolute atomic E-state index is 10.9. The molecule has 0 saturated carbocycles. The topological polar surface area (TPSA) is 348 Å². The minimum absolute atomic E-state index is 0.784. The van der Waals surface area contributed by atoms with E-state index in [4.69, 9.17) is 33.2 Å². The lowest BCUT2D eigenvalue weighted by molar-refractivity contribution is -0.387. The molecule has 0 bridgehead atoms. The fourth-order valence-electron chi connectivity index (χ4n) is 5.55. The maximum atomic E-state index is 10.9. The van der Waals surface area contributed by atoms with Crippen LogP contribution in [0.5, 0.6) is 0 Å². The van der Waals surface area contributed by atoms with E-state index < -0.39 is 149 Å². The van der Waals surface area contributed by atoms with Gasteiger partial charge in [0.15, 0.2) is 25.2 Å². The summed E-state index contributed by atoms with van der Waals surface area (Å²) in [4.78, 5) is 0. The second-order valence-corrected chi connectivity index (χ2v) is 11.1. The van der Waals surface area contributed by atoms with Crippen molar-refractivity contribution in [3.8, 4) is 0 Å². The van der Waals surface area contributed by atoms with Crippen molar-refractivity contribution in [2.24, 2.45) is 0 Å². The molecule has 4 aliphatic heterocycles. The minimum atomic E-state index is -2.02. The van der Waals surface area contributed by atoms with Crippen molar-refractivity contribution in [1.82, 2.24) is 0 Å². The number of rotatable bonds is 10. The van der Waals surface area contributed by atoms with Gasteiger partial charge in [0.2, 0.25) is 0 Å². The summed E-state index contributed by atoms with van der Waals surface area (Å²) in [5, 5.41) is 142. The van der Waals surface area contributed by atoms with Crippen LogP contribution >= 0.6 is 0 Å². The molecular weight excluding hydrogens is 624 g/mol. The van der Waals surface area contributed by atoms with Crippen LogP contribution in [0.3, 0.4) is 0 Å². The van der Waals surface area contributed by atoms with Crippen molar-refractivity contribution in [2.75, 3.05) is 26.4 Å². The monoisotopic (exact) mass is 666 g/mol. The highest BCUT2D eigenvalue weighted by Crippen LogP contribution is 2.34. The van der Waals surface area contributed by atoms with E-state index in [1.54, 1.807) is 0 Å². The van der Waals surface area contributed by atoms with Crippen molar-refractivity contribution in [1.29, 1.82) is 0 Å². The van der Waals surface area contributed by atoms with Crippen molar-refractivity contribution in [3.63, 3.8) is 0 Å². The molecule has 0 aliphatic carbocycles. The molecule has 0 spiro atoms. The fourth-order valence-corrected chi connectivity index (χ4v) is 5.55. The van der Waals surface area contributed by atoms with Crippen molar-refractivity contribution in [3.05, 3.63) is 0 Å². The Morgan fingerprint density at radius 3 is 1.02 bits per heavy atom. The van der Waals surface area contributed by atoms with Crippen LogP contribution in [0.25, 0.3) is 0 Å². The summed E-state index contributed by atoms with van der Waals surface area (Å²) in [6, 6.07) is 0. The van der Waals surface area contributed by atoms with E-state index in [0.717, 1.165) is 0 Å². The van der Waals surface area contributed by atoms with Gasteiger partial charge in [-0.25, -0.2) is 0 Å². The Kier molecular flexibility index (Phi) is 12.8. The van der Waals surface area contributed by atoms with Gasteiger partial charge < -0.3 is 105 Å². The second kappa shape index (κ2) is 15.6. The molecule has 4 aliphatic rings. The van der Waals surface area contributed by atoms with Gasteiger partial charge >= 0.3 is 0 Å². The van der Waals surface area contributed by atoms with Crippen LogP contribution in [-0.4, -0.2) is 221 Å². The Bertz CT molecular complexity index is 910. The zero-order chi connectivity index (χ0) is 33.3. The molecule has 0 amide bonds. The Morgan fingerprint density at radius 1 is 0.333 bits per heavy atom. The van der Waals surface area contributed by atoms with Crippen LogP contribution in [0, 0.1) is 0 Å². The highest BCUT2D eigenvalue weighted by Gasteiger charge is 2.55. The quantitative estimate of drug-likeness (QED) is 0.103. The zero-order valence-corrected chi connectivity index (χ0v) is 23.5. The summed E-state index contributed by atoms with van der Waals surface area (Å²) in [5.74, 6) is 0. The molecule has 4 rings (SSSR count). The number of hydrogen-bond donors (Lipinski definition) is 14. The van der Waals surface area contributed by atoms with Gasteiger partial charge in [0.1, 0.15) is 97.7 Å². The van der Waals surface area contributed by atoms with Crippen LogP contribution < -0.4 is 0 Å². The first-order valence-corrected chi connectivity index (χ1v) is 14.1. The van der Waals surface area contributed by atoms with Crippen LogP contribution in [-0.2, 0) is 33.2 Å². The Hall–Kier alpha value is -0.840. The summed E-state index contributed by atoms with van der Waals surface area (Å²) in [5.41, 5.74) is 0. The third kappa shape index (κ3) is 7.44. The Labute approximate surface area is 254 Å². The van der Waals surface area contributed by atoms with Crippen molar-refractivity contribution in [2.45, 2.75) is 123 Å². The number of aliphatic hydroxyl groups is 14. The Morgan fingerprint density at radius 2 is 0.644 bits per heavy atom. The van der Waals surface area contributed by atoms with Crippen LogP contribution in [0.1, 0.15) is 0 Å². The number of hydrogen-bond acceptors (Lipinski definition) is 21. The molecular formula is C24H42O21. The average molecular weight is 667 g/mol. The van der Waals surface area contributed by atoms with E-state index >= 15 is 0 Å². The highest BCUT2D eigenvalue weighted by molar-refractivity contribution is 4.97. The molecule has 0 aromatic rings. The number of aliphatic hydroxyl groups excluding tert-OH is 14. The standard InChI is InChI=1S/C24H42O21/c25-1-5-9(29)10(30)15(35)22(40-5)44-19-7(3-27)42-24(17(37)12(19)32)45-20-8(4-28)41-23(16(36)13(20)33)43-18-6(2-26)39-21(38)14(34)11(18)31/h5-38H,1-4H2/t5?,6?,7?,8?,9-,10+,11-,12-,13-,14?,15?,16?,17?,18-,19-,20-,21?,22+,23+,24+/m1/s1. The van der Waals surface area contributed by atoms with Gasteiger partial charge in [-0.1, -0.05) is 0 Å². The van der Waals surface area contributed by atoms with Crippen LogP contribution in [0.4, 0.5) is 0 Å². The first-order valence-electron chi connectivity index (χ1n) is 14.1. The predicted octanol–water partition coefficient (Wildman–Crippen LogP) is -9.75. The lowest BCUT2D eigenvalue weighted by atomic mass is 9.95. The molecule has 9 unspecified atom stereocenters. The first kappa shape index (κ1) is 37.0. The zero-order valence-electron chi connectivity index (χ0n) is 23.5. The van der Waals surface area contributed by atoms with E-state index in [2.05, 4.69) is 0 Å². The summed E-state index contributed by atoms with van der Waals surface area (Å²) < 4.78 is 37.7. The third-order valence-electron chi connectivity index (χ3n) is 8.20. The SMILES string of the molecule is OCC1O[C@@H](O[C@@H]2C(CO)O[C@@H](O[C@@H]3C(CO)O[C@@H](O[C@@H]4C(CO)OC(O)C(O)[C@H]4O)C(O)[C@H]3O)C(O)[C@H]2O)C(O)[C@@H](O)[C@@H]1O. The van der Waals surface area contributed by atoms with Gasteiger partial charge in [-0.3, -0.25) is 0 Å². The molecule has 4 saturated heterocycles. The van der Waals surface area contributed by atoms with Gasteiger partial charge in [0.05, 0.1) is 26.4 Å². The van der Waals surface area contributed by atoms with Crippen LogP contribution in [0.15, 0.2) is 0 Å². The summed E-state index contributed by atoms with van der Waals surface area (Å²) in [6.45, 7) is -3.39. The van der Waals surface area contributed by atoms with Gasteiger partial charge in [-0.2, -0.15) is 0 Å². The van der Waals surface area contributed by atoms with E-state index in [1.807, 2.05) is 0 Å². The lowest BCUT2D eigenvalue weighted by Gasteiger charge is -2.49. The predicted molar refractivity (Wildman–Crippen MR) is 134 cm³/mol. The van der Waals surface area contributed by atoms with Gasteiger partial charge in [0, 0.05) is 0 Å². The maximum Gasteiger partial charge on any atom is 0.187 e. The second-order valence-electron chi connectivity index (χ2n) is 11.1. The summed E-state index contributed by atoms with van der Waals surface area (Å²) in [7, 11) is 0. The first-order chi connectivity index (χ1) is 21.3. The van der Waals surface area contributed by atoms with E-state index in [1.165, 1.54) is 0 Å². The van der Waals surface area contributed by atoms with Gasteiger partial charge in [-0.05, 0) is 0 Å². The summed E-state index contributed by atoms with van der Waals surface area (Å²) in [6.07, 6.45) is -35.3. The third-order valence-corrected chi connectivity index (χ3v) is 8.20. The van der Waals surface area contributed by atoms with E-state index in [0.29, 0.717) is 0 Å². The minimum Gasteiger partial charge on any atom is -0.394 e. The molecule has 0 aromatic carbocycles. The highest BCUT2D eigenvalue weighted by atomic mass is 16.8. The van der Waals surface area contributed by atoms with Crippen molar-refractivity contribution >= 4 is 0 Å². The normalized spacial score (nSPS) is 52.9. The molecule has 14 N–H and O–H groups in total. The van der Waals surface area contributed by atoms with Gasteiger partial charge in [0.25, 0.3) is 0 Å². The largest absolute Gasteiger partial charge is 0.394 e. The molecule has 4 heterocycles. The summed E-state index contributed by atoms with van der Waals surface area (Å²) >= 11 is 0. The van der Waals surface area contributed by atoms with Crippen molar-refractivity contribution < 1.29 is 105 Å². The van der Waals surface area contributed by atoms with Crippen LogP contribution in [0.2, 0.25) is 0 Å². The lowest BCUT2D eigenvalue weighted by Crippen LogP contribution is -2.67. The van der Waals surface area contributed by atoms with E-state index in [9.17, 15) is 71.5 Å². The molecule has 0 radical (unpaired) electrons. The molecule has 45 heavy (non-hydrogen) atoms. The Balaban J connectivity index is 1.43. The molecule has 20 atom stereocenters. The van der Waals surface area contributed by atoms with Gasteiger partial charge in [-0.15, -0.1) is 0 Å². The molecule has 264 valence electrons. The smallest absolute Gasteiger partial charge is 0.187 e. The molecule has 21 nitrogen and oxygen atoms in total.